The number of rotatable bonds is 5. The van der Waals surface area contributed by atoms with Gasteiger partial charge in [-0.05, 0) is 115 Å². The zero-order valence-electron chi connectivity index (χ0n) is 32.5. The summed E-state index contributed by atoms with van der Waals surface area (Å²) in [6, 6.07) is 0. The largest absolute Gasteiger partial charge is 0.432 e. The Balaban J connectivity index is 1.18. The van der Waals surface area contributed by atoms with Crippen LogP contribution in [0.1, 0.15) is 106 Å². The Bertz CT molecular complexity index is 1490. The van der Waals surface area contributed by atoms with Gasteiger partial charge < -0.3 is 54.7 Å². The highest BCUT2D eigenvalue weighted by atomic mass is 16.7. The van der Waals surface area contributed by atoms with Crippen molar-refractivity contribution in [3.8, 4) is 0 Å². The first-order chi connectivity index (χ1) is 24.8. The molecule has 7 aliphatic rings. The van der Waals surface area contributed by atoms with Gasteiger partial charge in [0.05, 0.1) is 24.7 Å². The van der Waals surface area contributed by atoms with Gasteiger partial charge in [0.2, 0.25) is 6.29 Å². The molecule has 17 atom stereocenters. The summed E-state index contributed by atoms with van der Waals surface area (Å²) in [5.74, 6) is 0.468. The van der Waals surface area contributed by atoms with Crippen LogP contribution in [0.25, 0.3) is 0 Å². The first-order valence-corrected chi connectivity index (χ1v) is 20.0. The van der Waals surface area contributed by atoms with E-state index in [1.807, 2.05) is 0 Å². The minimum atomic E-state index is -1.66. The van der Waals surface area contributed by atoms with Gasteiger partial charge in [0.25, 0.3) is 0 Å². The van der Waals surface area contributed by atoms with E-state index in [1.54, 1.807) is 0 Å². The van der Waals surface area contributed by atoms with Crippen LogP contribution in [0.5, 0.6) is 0 Å². The van der Waals surface area contributed by atoms with Gasteiger partial charge in [0, 0.05) is 0 Å². The Labute approximate surface area is 313 Å². The molecule has 12 nitrogen and oxygen atoms in total. The number of hydrogen-bond donors (Lipinski definition) is 7. The van der Waals surface area contributed by atoms with Gasteiger partial charge in [0.15, 0.2) is 6.29 Å². The molecule has 300 valence electrons. The fourth-order valence-electron chi connectivity index (χ4n) is 12.9. The molecule has 0 amide bonds. The number of ether oxygens (including phenoxy) is 4. The Kier molecular flexibility index (Phi) is 10.2. The van der Waals surface area contributed by atoms with Gasteiger partial charge in [-0.25, -0.2) is 0 Å². The molecule has 0 aromatic carbocycles. The zero-order valence-corrected chi connectivity index (χ0v) is 32.5. The van der Waals surface area contributed by atoms with E-state index in [1.165, 1.54) is 11.1 Å². The molecule has 0 radical (unpaired) electrons. The van der Waals surface area contributed by atoms with Crippen LogP contribution in [0.15, 0.2) is 22.8 Å². The minimum absolute atomic E-state index is 0.0109. The van der Waals surface area contributed by atoms with Crippen LogP contribution in [-0.4, -0.2) is 116 Å². The standard InChI is InChI=1S/C41H64O12/c1-20-10-15-41(36(49)53-35-33(48)31(46)30(45)24(18-42)51-35)17-16-39(6)22(28(41)21(20)2)8-9-26-38(5)13-12-27(37(3,4)25(38)11-14-40(26,39)7)52-34-32(47)29(44)23(43)19-50-34/h8,20,23-27,29-35,42-48H,9-19H2,1-7H3/t20-,23+,24+,25-,26+,27-,29-,30+,31-,32+,33+,34-,35-,38-,39+,40+,41-/m0/s1. The maximum Gasteiger partial charge on any atom is 0.318 e. The monoisotopic (exact) mass is 748 g/mol. The predicted octanol–water partition coefficient (Wildman–Crippen LogP) is 2.88. The fraction of sp³-hybridized carbons (Fsp3) is 0.878. The second-order valence-corrected chi connectivity index (χ2v) is 19.2. The zero-order chi connectivity index (χ0) is 38.6. The van der Waals surface area contributed by atoms with Gasteiger partial charge in [-0.2, -0.15) is 0 Å². The van der Waals surface area contributed by atoms with Gasteiger partial charge in [-0.3, -0.25) is 4.79 Å². The lowest BCUT2D eigenvalue weighted by Crippen LogP contribution is -2.65. The highest BCUT2D eigenvalue weighted by Crippen LogP contribution is 2.75. The van der Waals surface area contributed by atoms with Crippen LogP contribution >= 0.6 is 0 Å². The minimum Gasteiger partial charge on any atom is -0.432 e. The van der Waals surface area contributed by atoms with Crippen LogP contribution in [0, 0.1) is 44.8 Å². The van der Waals surface area contributed by atoms with E-state index in [0.29, 0.717) is 24.7 Å². The van der Waals surface area contributed by atoms with Crippen molar-refractivity contribution in [1.82, 2.24) is 0 Å². The van der Waals surface area contributed by atoms with Crippen molar-refractivity contribution in [3.63, 3.8) is 0 Å². The molecule has 3 saturated carbocycles. The van der Waals surface area contributed by atoms with E-state index in [2.05, 4.69) is 54.5 Å². The third-order valence-corrected chi connectivity index (χ3v) is 16.6. The number of allylic oxidation sites excluding steroid dienone is 3. The van der Waals surface area contributed by atoms with Crippen LogP contribution in [0.4, 0.5) is 0 Å². The maximum absolute atomic E-state index is 14.5. The molecule has 2 saturated heterocycles. The molecule has 0 aromatic rings. The van der Waals surface area contributed by atoms with Crippen molar-refractivity contribution in [2.75, 3.05) is 13.2 Å². The Morgan fingerprint density at radius 1 is 0.830 bits per heavy atom. The number of aliphatic hydroxyl groups excluding tert-OH is 7. The molecule has 2 heterocycles. The molecule has 12 heteroatoms. The number of hydrogen-bond acceptors (Lipinski definition) is 12. The lowest BCUT2D eigenvalue weighted by Gasteiger charge is -2.70. The molecule has 5 fully saturated rings. The summed E-state index contributed by atoms with van der Waals surface area (Å²) in [5, 5.41) is 72.3. The van der Waals surface area contributed by atoms with Gasteiger partial charge in [-0.15, -0.1) is 0 Å². The number of esters is 1. The van der Waals surface area contributed by atoms with Crippen molar-refractivity contribution in [3.05, 3.63) is 22.8 Å². The van der Waals surface area contributed by atoms with E-state index >= 15 is 0 Å². The first kappa shape index (κ1) is 39.8. The lowest BCUT2D eigenvalue weighted by atomic mass is 9.34. The Morgan fingerprint density at radius 2 is 1.53 bits per heavy atom. The van der Waals surface area contributed by atoms with E-state index in [4.69, 9.17) is 18.9 Å². The highest BCUT2D eigenvalue weighted by Gasteiger charge is 2.69. The molecule has 7 N–H and O–H groups in total. The van der Waals surface area contributed by atoms with E-state index in [-0.39, 0.29) is 40.3 Å². The second-order valence-electron chi connectivity index (χ2n) is 19.2. The summed E-state index contributed by atoms with van der Waals surface area (Å²) in [6.45, 7) is 15.5. The summed E-state index contributed by atoms with van der Waals surface area (Å²) in [7, 11) is 0. The van der Waals surface area contributed by atoms with Crippen molar-refractivity contribution < 1.29 is 59.5 Å². The first-order valence-electron chi connectivity index (χ1n) is 20.0. The van der Waals surface area contributed by atoms with Gasteiger partial charge >= 0.3 is 5.97 Å². The molecule has 0 aromatic heterocycles. The number of fused-ring (bicyclic) bond motifs is 7. The molecule has 0 spiro atoms. The normalized spacial score (nSPS) is 52.3. The quantitative estimate of drug-likeness (QED) is 0.161. The predicted molar refractivity (Wildman–Crippen MR) is 192 cm³/mol. The van der Waals surface area contributed by atoms with Crippen LogP contribution in [0.2, 0.25) is 0 Å². The van der Waals surface area contributed by atoms with E-state index in [9.17, 15) is 40.5 Å². The molecule has 2 aliphatic heterocycles. The van der Waals surface area contributed by atoms with Crippen LogP contribution in [0.3, 0.4) is 0 Å². The molecule has 0 unspecified atom stereocenters. The summed E-state index contributed by atoms with van der Waals surface area (Å²) in [5.41, 5.74) is 1.97. The maximum atomic E-state index is 14.5. The van der Waals surface area contributed by atoms with Crippen molar-refractivity contribution >= 4 is 5.97 Å². The summed E-state index contributed by atoms with van der Waals surface area (Å²) in [6.07, 6.45) is -2.77. The molecular weight excluding hydrogens is 684 g/mol. The molecule has 53 heavy (non-hydrogen) atoms. The van der Waals surface area contributed by atoms with E-state index < -0.39 is 73.3 Å². The highest BCUT2D eigenvalue weighted by molar-refractivity contribution is 5.84. The molecule has 7 rings (SSSR count). The Morgan fingerprint density at radius 3 is 2.23 bits per heavy atom. The van der Waals surface area contributed by atoms with Crippen molar-refractivity contribution in [2.45, 2.75) is 168 Å². The SMILES string of the molecule is CC1=C2C3=CC[C@@H]4[C@@]5(C)CC[C@H](O[C@@H]6OC[C@@H](O)[C@H](O)[C@H]6O)C(C)(C)[C@@H]5CC[C@@]4(C)[C@]3(C)CC[C@@]2(C(=O)O[C@@H]2O[C@H](CO)[C@@H](O)[C@H](O)[C@H]2O)CC[C@@H]1C. The Hall–Kier alpha value is -1.45. The van der Waals surface area contributed by atoms with Crippen molar-refractivity contribution in [2.24, 2.45) is 44.8 Å². The molecule has 0 bridgehead atoms. The molecule has 5 aliphatic carbocycles. The van der Waals surface area contributed by atoms with E-state index in [0.717, 1.165) is 50.5 Å². The molecular formula is C41H64O12. The number of aliphatic hydroxyl groups is 7. The summed E-state index contributed by atoms with van der Waals surface area (Å²) < 4.78 is 23.7. The topological polar surface area (TPSA) is 196 Å². The fourth-order valence-corrected chi connectivity index (χ4v) is 12.9. The average molecular weight is 749 g/mol. The van der Waals surface area contributed by atoms with Gasteiger partial charge in [0.1, 0.15) is 42.7 Å². The smallest absolute Gasteiger partial charge is 0.318 e. The van der Waals surface area contributed by atoms with Gasteiger partial charge in [-0.1, -0.05) is 53.2 Å². The van der Waals surface area contributed by atoms with Crippen LogP contribution < -0.4 is 0 Å². The third kappa shape index (κ3) is 5.70. The average Bonchev–Trinajstić information content (AvgIpc) is 3.11. The lowest BCUT2D eigenvalue weighted by molar-refractivity contribution is -0.308. The number of carbonyl (C=O) groups is 1. The van der Waals surface area contributed by atoms with Crippen molar-refractivity contribution in [1.29, 1.82) is 0 Å². The summed E-state index contributed by atoms with van der Waals surface area (Å²) >= 11 is 0. The van der Waals surface area contributed by atoms with Crippen LogP contribution in [-0.2, 0) is 23.7 Å². The second kappa shape index (κ2) is 13.6. The summed E-state index contributed by atoms with van der Waals surface area (Å²) in [4.78, 5) is 14.5. The number of carbonyl (C=O) groups excluding carboxylic acids is 1. The third-order valence-electron chi connectivity index (χ3n) is 16.6.